The zero-order chi connectivity index (χ0) is 16.9. The third kappa shape index (κ3) is 5.06. The number of halogens is 4. The van der Waals surface area contributed by atoms with Crippen LogP contribution in [-0.2, 0) is 12.6 Å². The third-order valence-corrected chi connectivity index (χ3v) is 3.55. The number of hydrogen-bond donors (Lipinski definition) is 1. The Morgan fingerprint density at radius 2 is 1.78 bits per heavy atom. The molecule has 0 aliphatic rings. The van der Waals surface area contributed by atoms with E-state index >= 15 is 0 Å². The molecule has 0 aromatic heterocycles. The molecule has 0 fully saturated rings. The molecule has 0 unspecified atom stereocenters. The molecule has 0 heterocycles. The summed E-state index contributed by atoms with van der Waals surface area (Å²) in [6, 6.07) is 10.6. The average molecular weight is 344 g/mol. The van der Waals surface area contributed by atoms with Gasteiger partial charge in [0.2, 0.25) is 0 Å². The zero-order valence-corrected chi connectivity index (χ0v) is 13.3. The van der Waals surface area contributed by atoms with Crippen molar-refractivity contribution in [3.8, 4) is 5.75 Å². The van der Waals surface area contributed by atoms with E-state index in [4.69, 9.17) is 16.3 Å². The molecule has 1 N–H and O–H groups in total. The molecule has 2 rings (SSSR count). The van der Waals surface area contributed by atoms with Crippen LogP contribution in [0.15, 0.2) is 42.5 Å². The van der Waals surface area contributed by atoms with Crippen LogP contribution in [0.1, 0.15) is 18.1 Å². The molecule has 0 atom stereocenters. The van der Waals surface area contributed by atoms with Crippen molar-refractivity contribution >= 4 is 17.3 Å². The first-order valence-corrected chi connectivity index (χ1v) is 7.60. The molecule has 0 amide bonds. The fraction of sp³-hybridized carbons (Fsp3) is 0.294. The summed E-state index contributed by atoms with van der Waals surface area (Å²) in [6.07, 6.45) is -3.68. The highest BCUT2D eigenvalue weighted by molar-refractivity contribution is 6.32. The number of hydrogen-bond acceptors (Lipinski definition) is 2. The van der Waals surface area contributed by atoms with Crippen LogP contribution < -0.4 is 10.1 Å². The van der Waals surface area contributed by atoms with Crippen molar-refractivity contribution in [1.29, 1.82) is 0 Å². The second-order valence-electron chi connectivity index (χ2n) is 4.95. The lowest BCUT2D eigenvalue weighted by atomic mass is 10.1. The van der Waals surface area contributed by atoms with Crippen molar-refractivity contribution in [1.82, 2.24) is 0 Å². The summed E-state index contributed by atoms with van der Waals surface area (Å²) < 4.78 is 42.8. The van der Waals surface area contributed by atoms with E-state index in [1.807, 2.05) is 13.0 Å². The highest BCUT2D eigenvalue weighted by Gasteiger charge is 2.29. The minimum atomic E-state index is -4.30. The summed E-state index contributed by atoms with van der Waals surface area (Å²) in [5.74, 6) is 0.627. The van der Waals surface area contributed by atoms with Gasteiger partial charge in [-0.25, -0.2) is 0 Å². The van der Waals surface area contributed by atoms with Crippen molar-refractivity contribution in [2.24, 2.45) is 0 Å². The Labute approximate surface area is 138 Å². The number of rotatable bonds is 6. The summed E-state index contributed by atoms with van der Waals surface area (Å²) in [4.78, 5) is 0. The predicted octanol–water partition coefficient (Wildman–Crippen LogP) is 5.41. The van der Waals surface area contributed by atoms with Crippen LogP contribution in [0, 0.1) is 0 Å². The molecule has 2 aromatic carbocycles. The molecule has 23 heavy (non-hydrogen) atoms. The number of alkyl halides is 3. The van der Waals surface area contributed by atoms with E-state index in [2.05, 4.69) is 5.32 Å². The van der Waals surface area contributed by atoms with Gasteiger partial charge in [-0.1, -0.05) is 23.7 Å². The first kappa shape index (κ1) is 17.5. The van der Waals surface area contributed by atoms with Gasteiger partial charge in [0.15, 0.2) is 0 Å². The fourth-order valence-corrected chi connectivity index (χ4v) is 2.33. The topological polar surface area (TPSA) is 21.3 Å². The Morgan fingerprint density at radius 3 is 2.35 bits per heavy atom. The van der Waals surface area contributed by atoms with Crippen molar-refractivity contribution in [3.63, 3.8) is 0 Å². The van der Waals surface area contributed by atoms with Crippen molar-refractivity contribution in [2.75, 3.05) is 18.5 Å². The van der Waals surface area contributed by atoms with Crippen molar-refractivity contribution in [3.05, 3.63) is 58.6 Å². The quantitative estimate of drug-likeness (QED) is 0.757. The summed E-state index contributed by atoms with van der Waals surface area (Å²) in [5, 5.41) is 3.71. The second kappa shape index (κ2) is 7.59. The van der Waals surface area contributed by atoms with Gasteiger partial charge in [-0.15, -0.1) is 0 Å². The molecular formula is C17H17ClF3NO. The van der Waals surface area contributed by atoms with E-state index in [0.717, 1.165) is 23.4 Å². The number of anilines is 1. The smallest absolute Gasteiger partial charge is 0.416 e. The Balaban J connectivity index is 1.88. The van der Waals surface area contributed by atoms with E-state index in [9.17, 15) is 13.2 Å². The molecule has 0 saturated carbocycles. The van der Waals surface area contributed by atoms with Gasteiger partial charge in [0, 0.05) is 12.2 Å². The standard InChI is InChI=1S/C17H17ClF3NO/c1-2-23-16-8-7-14(11-15(16)18)22-10-9-12-3-5-13(6-4-12)17(19,20)21/h3-8,11,22H,2,9-10H2,1H3. The van der Waals surface area contributed by atoms with Gasteiger partial charge in [-0.3, -0.25) is 0 Å². The Kier molecular flexibility index (Phi) is 5.77. The summed E-state index contributed by atoms with van der Waals surface area (Å²) >= 11 is 6.09. The molecule has 124 valence electrons. The van der Waals surface area contributed by atoms with Crippen LogP contribution in [-0.4, -0.2) is 13.2 Å². The monoisotopic (exact) mass is 343 g/mol. The maximum absolute atomic E-state index is 12.5. The molecule has 0 aliphatic carbocycles. The summed E-state index contributed by atoms with van der Waals surface area (Å²) in [7, 11) is 0. The van der Waals surface area contributed by atoms with Gasteiger partial charge in [-0.05, 0) is 49.2 Å². The lowest BCUT2D eigenvalue weighted by molar-refractivity contribution is -0.137. The highest BCUT2D eigenvalue weighted by atomic mass is 35.5. The van der Waals surface area contributed by atoms with E-state index in [1.54, 1.807) is 12.1 Å². The van der Waals surface area contributed by atoms with Crippen molar-refractivity contribution < 1.29 is 17.9 Å². The Morgan fingerprint density at radius 1 is 1.09 bits per heavy atom. The fourth-order valence-electron chi connectivity index (χ4n) is 2.09. The molecule has 0 bridgehead atoms. The molecule has 2 aromatic rings. The lowest BCUT2D eigenvalue weighted by Gasteiger charge is -2.11. The second-order valence-corrected chi connectivity index (χ2v) is 5.36. The first-order valence-electron chi connectivity index (χ1n) is 7.22. The summed E-state index contributed by atoms with van der Waals surface area (Å²) in [5.41, 5.74) is 1.04. The number of benzene rings is 2. The molecule has 2 nitrogen and oxygen atoms in total. The van der Waals surface area contributed by atoms with Crippen LogP contribution in [0.2, 0.25) is 5.02 Å². The summed E-state index contributed by atoms with van der Waals surface area (Å²) in [6.45, 7) is 3.02. The van der Waals surface area contributed by atoms with Gasteiger partial charge < -0.3 is 10.1 Å². The molecule has 6 heteroatoms. The van der Waals surface area contributed by atoms with Gasteiger partial charge in [0.05, 0.1) is 17.2 Å². The number of nitrogens with one attached hydrogen (secondary N) is 1. The SMILES string of the molecule is CCOc1ccc(NCCc2ccc(C(F)(F)F)cc2)cc1Cl. The lowest BCUT2D eigenvalue weighted by Crippen LogP contribution is -2.07. The van der Waals surface area contributed by atoms with Crippen LogP contribution in [0.3, 0.4) is 0 Å². The average Bonchev–Trinajstić information content (AvgIpc) is 2.50. The van der Waals surface area contributed by atoms with Crippen LogP contribution >= 0.6 is 11.6 Å². The number of ether oxygens (including phenoxy) is 1. The third-order valence-electron chi connectivity index (χ3n) is 3.26. The van der Waals surface area contributed by atoms with E-state index in [0.29, 0.717) is 30.3 Å². The first-order chi connectivity index (χ1) is 10.9. The normalized spacial score (nSPS) is 11.3. The van der Waals surface area contributed by atoms with Crippen molar-refractivity contribution in [2.45, 2.75) is 19.5 Å². The van der Waals surface area contributed by atoms with Crippen LogP contribution in [0.4, 0.5) is 18.9 Å². The van der Waals surface area contributed by atoms with E-state index in [-0.39, 0.29) is 0 Å². The van der Waals surface area contributed by atoms with Gasteiger partial charge >= 0.3 is 6.18 Å². The Bertz CT molecular complexity index is 641. The minimum absolute atomic E-state index is 0.520. The zero-order valence-electron chi connectivity index (χ0n) is 12.6. The molecule has 0 aliphatic heterocycles. The van der Waals surface area contributed by atoms with E-state index < -0.39 is 11.7 Å². The molecule has 0 spiro atoms. The Hall–Kier alpha value is -1.88. The molecule has 0 radical (unpaired) electrons. The minimum Gasteiger partial charge on any atom is -0.492 e. The van der Waals surface area contributed by atoms with Gasteiger partial charge in [0.25, 0.3) is 0 Å². The van der Waals surface area contributed by atoms with Gasteiger partial charge in [-0.2, -0.15) is 13.2 Å². The predicted molar refractivity (Wildman–Crippen MR) is 86.3 cm³/mol. The largest absolute Gasteiger partial charge is 0.492 e. The van der Waals surface area contributed by atoms with Crippen LogP contribution in [0.5, 0.6) is 5.75 Å². The maximum Gasteiger partial charge on any atom is 0.416 e. The van der Waals surface area contributed by atoms with Gasteiger partial charge in [0.1, 0.15) is 5.75 Å². The molecule has 0 saturated heterocycles. The molecular weight excluding hydrogens is 327 g/mol. The maximum atomic E-state index is 12.5. The van der Waals surface area contributed by atoms with Crippen LogP contribution in [0.25, 0.3) is 0 Å². The van der Waals surface area contributed by atoms with E-state index in [1.165, 1.54) is 12.1 Å². The highest BCUT2D eigenvalue weighted by Crippen LogP contribution is 2.29.